The number of carbonyl (C=O) groups is 2. The SMILES string of the molecule is CC(=O)N1CC(O)CC1C(=O)N1CCC(Nc2ncc(Cl)c(-c3c[nH]c4ccccc34)n2)CC1. The van der Waals surface area contributed by atoms with Crippen LogP contribution in [-0.2, 0) is 9.59 Å². The number of fused-ring (bicyclic) bond motifs is 1. The Hall–Kier alpha value is -3.17. The van der Waals surface area contributed by atoms with Gasteiger partial charge in [0.15, 0.2) is 0 Å². The van der Waals surface area contributed by atoms with Gasteiger partial charge in [0.1, 0.15) is 6.04 Å². The molecule has 5 rings (SSSR count). The molecular formula is C24H27ClN6O3. The van der Waals surface area contributed by atoms with E-state index in [9.17, 15) is 14.7 Å². The Kier molecular flexibility index (Phi) is 6.14. The first-order chi connectivity index (χ1) is 16.4. The van der Waals surface area contributed by atoms with Crippen molar-refractivity contribution in [1.29, 1.82) is 0 Å². The number of piperidine rings is 1. The normalized spacial score (nSPS) is 21.3. The number of aliphatic hydroxyl groups excluding tert-OH is 1. The molecule has 178 valence electrons. The summed E-state index contributed by atoms with van der Waals surface area (Å²) in [6, 6.07) is 7.51. The standard InChI is InChI=1S/C24H27ClN6O3/c1-14(32)31-13-16(33)10-21(31)23(34)30-8-6-15(7-9-30)28-24-27-12-19(25)22(29-24)18-11-26-20-5-3-2-4-17(18)20/h2-5,11-12,15-16,21,26,33H,6-10,13H2,1H3,(H,27,28,29). The van der Waals surface area contributed by atoms with E-state index in [1.54, 1.807) is 11.1 Å². The van der Waals surface area contributed by atoms with E-state index in [4.69, 9.17) is 11.6 Å². The minimum Gasteiger partial charge on any atom is -0.391 e. The highest BCUT2D eigenvalue weighted by Crippen LogP contribution is 2.32. The molecular weight excluding hydrogens is 456 g/mol. The van der Waals surface area contributed by atoms with E-state index in [0.29, 0.717) is 36.2 Å². The van der Waals surface area contributed by atoms with Gasteiger partial charge in [0.2, 0.25) is 17.8 Å². The summed E-state index contributed by atoms with van der Waals surface area (Å²) in [7, 11) is 0. The molecule has 3 N–H and O–H groups in total. The fraction of sp³-hybridized carbons (Fsp3) is 0.417. The topological polar surface area (TPSA) is 114 Å². The van der Waals surface area contributed by atoms with Crippen LogP contribution in [0.15, 0.2) is 36.7 Å². The minimum atomic E-state index is -0.648. The number of β-amino-alcohol motifs (C(OH)–C–C–N with tert-alkyl or cyclic N) is 1. The van der Waals surface area contributed by atoms with Gasteiger partial charge < -0.3 is 25.2 Å². The third-order valence-corrected chi connectivity index (χ3v) is 6.97. The molecule has 0 spiro atoms. The molecule has 3 aromatic rings. The first kappa shape index (κ1) is 22.6. The number of benzene rings is 1. The van der Waals surface area contributed by atoms with Crippen molar-refractivity contribution in [2.45, 2.75) is 44.4 Å². The zero-order valence-corrected chi connectivity index (χ0v) is 19.6. The second kappa shape index (κ2) is 9.23. The first-order valence-electron chi connectivity index (χ1n) is 11.5. The lowest BCUT2D eigenvalue weighted by atomic mass is 10.0. The van der Waals surface area contributed by atoms with E-state index in [2.05, 4.69) is 20.3 Å². The number of halogens is 1. The van der Waals surface area contributed by atoms with Gasteiger partial charge in [0.25, 0.3) is 0 Å². The molecule has 2 aromatic heterocycles. The van der Waals surface area contributed by atoms with Crippen molar-refractivity contribution in [3.8, 4) is 11.3 Å². The molecule has 2 fully saturated rings. The largest absolute Gasteiger partial charge is 0.391 e. The van der Waals surface area contributed by atoms with Crippen molar-refractivity contribution in [1.82, 2.24) is 24.8 Å². The van der Waals surface area contributed by atoms with Gasteiger partial charge in [-0.2, -0.15) is 0 Å². The van der Waals surface area contributed by atoms with Crippen molar-refractivity contribution in [3.05, 3.63) is 41.7 Å². The van der Waals surface area contributed by atoms with Crippen molar-refractivity contribution < 1.29 is 14.7 Å². The highest BCUT2D eigenvalue weighted by atomic mass is 35.5. The van der Waals surface area contributed by atoms with E-state index < -0.39 is 12.1 Å². The summed E-state index contributed by atoms with van der Waals surface area (Å²) < 4.78 is 0. The molecule has 2 saturated heterocycles. The van der Waals surface area contributed by atoms with Gasteiger partial charge >= 0.3 is 0 Å². The maximum atomic E-state index is 13.0. The number of nitrogens with zero attached hydrogens (tertiary/aromatic N) is 4. The second-order valence-corrected chi connectivity index (χ2v) is 9.37. The Morgan fingerprint density at radius 1 is 1.24 bits per heavy atom. The van der Waals surface area contributed by atoms with Crippen LogP contribution in [0.1, 0.15) is 26.2 Å². The number of carbonyl (C=O) groups excluding carboxylic acids is 2. The van der Waals surface area contributed by atoms with Crippen LogP contribution in [0.2, 0.25) is 5.02 Å². The van der Waals surface area contributed by atoms with Gasteiger partial charge in [-0.25, -0.2) is 9.97 Å². The van der Waals surface area contributed by atoms with Crippen LogP contribution in [0.5, 0.6) is 0 Å². The monoisotopic (exact) mass is 482 g/mol. The van der Waals surface area contributed by atoms with Crippen molar-refractivity contribution in [3.63, 3.8) is 0 Å². The predicted molar refractivity (Wildman–Crippen MR) is 129 cm³/mol. The fourth-order valence-corrected chi connectivity index (χ4v) is 5.12. The second-order valence-electron chi connectivity index (χ2n) is 8.96. The summed E-state index contributed by atoms with van der Waals surface area (Å²) in [4.78, 5) is 40.4. The van der Waals surface area contributed by atoms with E-state index in [1.165, 1.54) is 11.8 Å². The number of amides is 2. The van der Waals surface area contributed by atoms with Gasteiger partial charge in [-0.1, -0.05) is 29.8 Å². The summed E-state index contributed by atoms with van der Waals surface area (Å²) in [6.07, 6.45) is 4.62. The van der Waals surface area contributed by atoms with Gasteiger partial charge in [-0.3, -0.25) is 9.59 Å². The zero-order chi connectivity index (χ0) is 23.8. The van der Waals surface area contributed by atoms with Crippen molar-refractivity contribution in [2.75, 3.05) is 25.0 Å². The molecule has 2 amide bonds. The number of para-hydroxylation sites is 1. The highest BCUT2D eigenvalue weighted by Gasteiger charge is 2.40. The van der Waals surface area contributed by atoms with Crippen LogP contribution < -0.4 is 5.32 Å². The van der Waals surface area contributed by atoms with Crippen LogP contribution >= 0.6 is 11.6 Å². The highest BCUT2D eigenvalue weighted by molar-refractivity contribution is 6.33. The van der Waals surface area contributed by atoms with Crippen LogP contribution in [0.25, 0.3) is 22.2 Å². The molecule has 2 aliphatic rings. The number of likely N-dealkylation sites (tertiary alicyclic amines) is 2. The molecule has 2 unspecified atom stereocenters. The molecule has 4 heterocycles. The Morgan fingerprint density at radius 2 is 2.00 bits per heavy atom. The van der Waals surface area contributed by atoms with Crippen LogP contribution in [0, 0.1) is 0 Å². The summed E-state index contributed by atoms with van der Waals surface area (Å²) in [5.74, 6) is 0.225. The molecule has 0 bridgehead atoms. The Bertz CT molecular complexity index is 1220. The summed E-state index contributed by atoms with van der Waals surface area (Å²) in [5, 5.41) is 14.8. The van der Waals surface area contributed by atoms with Gasteiger partial charge in [0.05, 0.1) is 23.0 Å². The summed E-state index contributed by atoms with van der Waals surface area (Å²) in [5.41, 5.74) is 2.59. The lowest BCUT2D eigenvalue weighted by Gasteiger charge is -2.35. The summed E-state index contributed by atoms with van der Waals surface area (Å²) >= 11 is 6.43. The van der Waals surface area contributed by atoms with E-state index in [-0.39, 0.29) is 24.4 Å². The van der Waals surface area contributed by atoms with Crippen LogP contribution in [0.3, 0.4) is 0 Å². The molecule has 0 aliphatic carbocycles. The molecule has 2 aliphatic heterocycles. The molecule has 1 aromatic carbocycles. The molecule has 0 saturated carbocycles. The number of aromatic amines is 1. The third kappa shape index (κ3) is 4.33. The minimum absolute atomic E-state index is 0.0884. The molecule has 9 nitrogen and oxygen atoms in total. The molecule has 10 heteroatoms. The van der Waals surface area contributed by atoms with Gasteiger partial charge in [0, 0.05) is 61.7 Å². The number of hydrogen-bond acceptors (Lipinski definition) is 6. The Morgan fingerprint density at radius 3 is 2.76 bits per heavy atom. The molecule has 0 radical (unpaired) electrons. The number of hydrogen-bond donors (Lipinski definition) is 3. The van der Waals surface area contributed by atoms with Gasteiger partial charge in [-0.15, -0.1) is 0 Å². The van der Waals surface area contributed by atoms with Gasteiger partial charge in [-0.05, 0) is 18.9 Å². The number of rotatable bonds is 4. The Labute approximate surface area is 202 Å². The first-order valence-corrected chi connectivity index (χ1v) is 11.9. The maximum absolute atomic E-state index is 13.0. The van der Waals surface area contributed by atoms with E-state index in [1.807, 2.05) is 30.5 Å². The third-order valence-electron chi connectivity index (χ3n) is 6.70. The van der Waals surface area contributed by atoms with E-state index >= 15 is 0 Å². The predicted octanol–water partition coefficient (Wildman–Crippen LogP) is 2.66. The summed E-state index contributed by atoms with van der Waals surface area (Å²) in [6.45, 7) is 2.79. The lowest BCUT2D eigenvalue weighted by Crippen LogP contribution is -2.50. The fourth-order valence-electron chi connectivity index (χ4n) is 4.93. The number of anilines is 1. The van der Waals surface area contributed by atoms with Crippen molar-refractivity contribution >= 4 is 40.3 Å². The molecule has 34 heavy (non-hydrogen) atoms. The maximum Gasteiger partial charge on any atom is 0.245 e. The lowest BCUT2D eigenvalue weighted by molar-refractivity contribution is -0.143. The number of nitrogens with one attached hydrogen (secondary N) is 2. The smallest absolute Gasteiger partial charge is 0.245 e. The molecule has 2 atom stereocenters. The quantitative estimate of drug-likeness (QED) is 0.526. The number of aliphatic hydroxyl groups is 1. The van der Waals surface area contributed by atoms with Crippen LogP contribution in [0.4, 0.5) is 5.95 Å². The van der Waals surface area contributed by atoms with Crippen molar-refractivity contribution in [2.24, 2.45) is 0 Å². The average molecular weight is 483 g/mol. The Balaban J connectivity index is 1.24. The zero-order valence-electron chi connectivity index (χ0n) is 18.9. The number of aromatic nitrogens is 3. The number of H-pyrrole nitrogens is 1. The average Bonchev–Trinajstić information content (AvgIpc) is 3.44. The van der Waals surface area contributed by atoms with E-state index in [0.717, 1.165) is 29.3 Å². The van der Waals surface area contributed by atoms with Crippen LogP contribution in [-0.4, -0.2) is 79.5 Å².